The van der Waals surface area contributed by atoms with Crippen molar-refractivity contribution in [3.63, 3.8) is 0 Å². The Morgan fingerprint density at radius 2 is 1.90 bits per heavy atom. The van der Waals surface area contributed by atoms with Crippen molar-refractivity contribution in [1.29, 1.82) is 0 Å². The number of carbonyl (C=O) groups excluding carboxylic acids is 1. The van der Waals surface area contributed by atoms with Crippen molar-refractivity contribution in [2.24, 2.45) is 0 Å². The van der Waals surface area contributed by atoms with Crippen molar-refractivity contribution in [2.45, 2.75) is 27.7 Å². The summed E-state index contributed by atoms with van der Waals surface area (Å²) in [4.78, 5) is 22.8. The van der Waals surface area contributed by atoms with E-state index in [1.807, 2.05) is 19.9 Å². The minimum absolute atomic E-state index is 0.0334. The molecule has 0 aromatic heterocycles. The van der Waals surface area contributed by atoms with Crippen LogP contribution in [0.25, 0.3) is 0 Å². The van der Waals surface area contributed by atoms with Gasteiger partial charge in [-0.1, -0.05) is 0 Å². The number of hydrogen-bond acceptors (Lipinski definition) is 3. The fraction of sp³-hybridized carbons (Fsp3) is 0.333. The Hall–Kier alpha value is -2.30. The number of nitrogens with one attached hydrogen (secondary N) is 1. The highest BCUT2D eigenvalue weighted by Gasteiger charge is 2.13. The fourth-order valence-corrected chi connectivity index (χ4v) is 1.58. The fourth-order valence-electron chi connectivity index (χ4n) is 1.58. The van der Waals surface area contributed by atoms with E-state index in [9.17, 15) is 9.59 Å². The van der Waals surface area contributed by atoms with Gasteiger partial charge in [0.25, 0.3) is 5.91 Å². The standard InChI is InChI=1S/C15H19NO4/c1-5-20-12-6-7-13(9(2)8-12)16-14(17)10(3)11(4)15(18)19/h6-8H,5H2,1-4H3,(H,16,17)(H,18,19). The van der Waals surface area contributed by atoms with Crippen LogP contribution in [0.5, 0.6) is 5.75 Å². The van der Waals surface area contributed by atoms with E-state index in [1.165, 1.54) is 13.8 Å². The first-order chi connectivity index (χ1) is 9.36. The highest BCUT2D eigenvalue weighted by atomic mass is 16.5. The Morgan fingerprint density at radius 3 is 2.40 bits per heavy atom. The molecule has 1 amide bonds. The van der Waals surface area contributed by atoms with E-state index >= 15 is 0 Å². The normalized spacial score (nSPS) is 11.6. The maximum absolute atomic E-state index is 12.0. The van der Waals surface area contributed by atoms with Gasteiger partial charge in [-0.15, -0.1) is 0 Å². The number of ether oxygens (including phenoxy) is 1. The number of amides is 1. The molecule has 0 radical (unpaired) electrons. The molecule has 5 heteroatoms. The molecule has 0 bridgehead atoms. The first kappa shape index (κ1) is 15.8. The Morgan fingerprint density at radius 1 is 1.25 bits per heavy atom. The summed E-state index contributed by atoms with van der Waals surface area (Å²) in [6.07, 6.45) is 0. The van der Waals surface area contributed by atoms with Crippen LogP contribution >= 0.6 is 0 Å². The molecule has 0 fully saturated rings. The molecule has 0 unspecified atom stereocenters. The summed E-state index contributed by atoms with van der Waals surface area (Å²) in [5.41, 5.74) is 1.71. The Balaban J connectivity index is 2.92. The number of benzene rings is 1. The van der Waals surface area contributed by atoms with Crippen LogP contribution in [0.3, 0.4) is 0 Å². The summed E-state index contributed by atoms with van der Waals surface area (Å²) < 4.78 is 5.36. The van der Waals surface area contributed by atoms with Crippen LogP contribution in [0.1, 0.15) is 26.3 Å². The van der Waals surface area contributed by atoms with Gasteiger partial charge < -0.3 is 15.2 Å². The molecule has 5 nitrogen and oxygen atoms in total. The van der Waals surface area contributed by atoms with E-state index in [4.69, 9.17) is 9.84 Å². The van der Waals surface area contributed by atoms with Gasteiger partial charge in [0.15, 0.2) is 0 Å². The number of aryl methyl sites for hydroxylation is 1. The highest BCUT2D eigenvalue weighted by Crippen LogP contribution is 2.22. The molecule has 20 heavy (non-hydrogen) atoms. The van der Waals surface area contributed by atoms with Crippen molar-refractivity contribution in [2.75, 3.05) is 11.9 Å². The number of hydrogen-bond donors (Lipinski definition) is 2. The number of carboxylic acids is 1. The zero-order valence-corrected chi connectivity index (χ0v) is 12.1. The molecule has 1 aromatic carbocycles. The van der Waals surface area contributed by atoms with Crippen LogP contribution in [-0.2, 0) is 9.59 Å². The summed E-state index contributed by atoms with van der Waals surface area (Å²) in [6, 6.07) is 5.32. The van der Waals surface area contributed by atoms with Gasteiger partial charge in [0, 0.05) is 16.8 Å². The second-order valence-corrected chi connectivity index (χ2v) is 4.42. The molecule has 0 saturated carbocycles. The van der Waals surface area contributed by atoms with Crippen LogP contribution < -0.4 is 10.1 Å². The van der Waals surface area contributed by atoms with Gasteiger partial charge in [0.1, 0.15) is 5.75 Å². The summed E-state index contributed by atoms with van der Waals surface area (Å²) in [5.74, 6) is -0.782. The minimum Gasteiger partial charge on any atom is -0.494 e. The highest BCUT2D eigenvalue weighted by molar-refractivity contribution is 6.08. The van der Waals surface area contributed by atoms with E-state index in [1.54, 1.807) is 12.1 Å². The second-order valence-electron chi connectivity index (χ2n) is 4.42. The maximum Gasteiger partial charge on any atom is 0.331 e. The Labute approximate surface area is 118 Å². The molecule has 0 spiro atoms. The lowest BCUT2D eigenvalue weighted by Crippen LogP contribution is -2.16. The average Bonchev–Trinajstić information content (AvgIpc) is 2.40. The van der Waals surface area contributed by atoms with Crippen molar-refractivity contribution in [3.8, 4) is 5.75 Å². The Bertz CT molecular complexity index is 561. The van der Waals surface area contributed by atoms with E-state index < -0.39 is 11.9 Å². The summed E-state index contributed by atoms with van der Waals surface area (Å²) in [5, 5.41) is 11.6. The van der Waals surface area contributed by atoms with Gasteiger partial charge in [0.2, 0.25) is 0 Å². The van der Waals surface area contributed by atoms with Crippen molar-refractivity contribution < 1.29 is 19.4 Å². The van der Waals surface area contributed by atoms with Crippen molar-refractivity contribution in [3.05, 3.63) is 34.9 Å². The molecule has 0 atom stereocenters. The number of carbonyl (C=O) groups is 2. The Kier molecular flexibility index (Phi) is 5.32. The zero-order valence-electron chi connectivity index (χ0n) is 12.1. The molecule has 0 aliphatic heterocycles. The van der Waals surface area contributed by atoms with Crippen LogP contribution in [0.2, 0.25) is 0 Å². The molecule has 0 heterocycles. The summed E-state index contributed by atoms with van der Waals surface area (Å²) >= 11 is 0. The van der Waals surface area contributed by atoms with Gasteiger partial charge in [-0.3, -0.25) is 4.79 Å². The summed E-state index contributed by atoms with van der Waals surface area (Å²) in [7, 11) is 0. The van der Waals surface area contributed by atoms with Gasteiger partial charge in [-0.2, -0.15) is 0 Å². The van der Waals surface area contributed by atoms with Gasteiger partial charge >= 0.3 is 5.97 Å². The van der Waals surface area contributed by atoms with Crippen LogP contribution in [0.4, 0.5) is 5.69 Å². The third-order valence-corrected chi connectivity index (χ3v) is 2.98. The third kappa shape index (κ3) is 3.85. The molecule has 1 aromatic rings. The van der Waals surface area contributed by atoms with E-state index in [2.05, 4.69) is 5.32 Å². The van der Waals surface area contributed by atoms with Gasteiger partial charge in [-0.05, 0) is 51.5 Å². The maximum atomic E-state index is 12.0. The van der Waals surface area contributed by atoms with Crippen molar-refractivity contribution >= 4 is 17.6 Å². The topological polar surface area (TPSA) is 75.6 Å². The van der Waals surface area contributed by atoms with E-state index in [-0.39, 0.29) is 11.1 Å². The van der Waals surface area contributed by atoms with Gasteiger partial charge in [-0.25, -0.2) is 4.79 Å². The smallest absolute Gasteiger partial charge is 0.331 e. The summed E-state index contributed by atoms with van der Waals surface area (Å²) in [6.45, 7) is 7.21. The lowest BCUT2D eigenvalue weighted by Gasteiger charge is -2.11. The molecule has 2 N–H and O–H groups in total. The average molecular weight is 277 g/mol. The van der Waals surface area contributed by atoms with E-state index in [0.29, 0.717) is 12.3 Å². The largest absolute Gasteiger partial charge is 0.494 e. The van der Waals surface area contributed by atoms with Gasteiger partial charge in [0.05, 0.1) is 6.61 Å². The lowest BCUT2D eigenvalue weighted by atomic mass is 10.1. The van der Waals surface area contributed by atoms with Crippen LogP contribution in [-0.4, -0.2) is 23.6 Å². The number of carboxylic acid groups (broad SMARTS) is 1. The van der Waals surface area contributed by atoms with Crippen molar-refractivity contribution in [1.82, 2.24) is 0 Å². The third-order valence-electron chi connectivity index (χ3n) is 2.98. The molecular weight excluding hydrogens is 258 g/mol. The predicted octanol–water partition coefficient (Wildman–Crippen LogP) is 2.75. The second kappa shape index (κ2) is 6.75. The molecule has 108 valence electrons. The molecule has 0 aliphatic rings. The molecule has 0 saturated heterocycles. The van der Waals surface area contributed by atoms with Crippen LogP contribution in [0.15, 0.2) is 29.3 Å². The predicted molar refractivity (Wildman–Crippen MR) is 77.0 cm³/mol. The molecule has 0 aliphatic carbocycles. The number of rotatable bonds is 5. The SMILES string of the molecule is CCOc1ccc(NC(=O)C(C)=C(C)C(=O)O)c(C)c1. The first-order valence-corrected chi connectivity index (χ1v) is 6.32. The molecular formula is C15H19NO4. The van der Waals surface area contributed by atoms with Crippen LogP contribution in [0, 0.1) is 6.92 Å². The zero-order chi connectivity index (χ0) is 15.3. The quantitative estimate of drug-likeness (QED) is 0.811. The number of anilines is 1. The minimum atomic E-state index is -1.10. The van der Waals surface area contributed by atoms with E-state index in [0.717, 1.165) is 11.3 Å². The lowest BCUT2D eigenvalue weighted by molar-refractivity contribution is -0.133. The molecule has 1 rings (SSSR count). The number of aliphatic carboxylic acids is 1. The first-order valence-electron chi connectivity index (χ1n) is 6.32. The monoisotopic (exact) mass is 277 g/mol.